The Kier molecular flexibility index (Phi) is 5.95. The quantitative estimate of drug-likeness (QED) is 0.853. The Labute approximate surface area is 151 Å². The van der Waals surface area contributed by atoms with Crippen LogP contribution in [0.1, 0.15) is 38.5 Å². The summed E-state index contributed by atoms with van der Waals surface area (Å²) in [6.07, 6.45) is 12.4. The van der Waals surface area contributed by atoms with Gasteiger partial charge in [-0.15, -0.1) is 0 Å². The fourth-order valence-corrected chi connectivity index (χ4v) is 3.71. The van der Waals surface area contributed by atoms with Crippen molar-refractivity contribution in [1.29, 1.82) is 0 Å². The van der Waals surface area contributed by atoms with Gasteiger partial charge in [-0.05, 0) is 50.7 Å². The second kappa shape index (κ2) is 8.37. The van der Waals surface area contributed by atoms with E-state index in [9.17, 15) is 4.79 Å². The molecule has 0 saturated carbocycles. The first-order valence-corrected chi connectivity index (χ1v) is 9.47. The number of allylic oxidation sites excluding steroid dienone is 2. The van der Waals surface area contributed by atoms with Gasteiger partial charge in [-0.2, -0.15) is 0 Å². The number of pyridine rings is 1. The van der Waals surface area contributed by atoms with Crippen LogP contribution >= 0.6 is 0 Å². The standard InChI is InChI=1S/C20H30N4O/c1-23(2)19-11-10-18(15-21-19)22-17-9-6-13-24(14-12-17)20(25)16-7-4-3-5-8-16/h3-4,10-11,15-17,22H,5-9,12-14H2,1-2H3/t16-,17-/m0/s1. The van der Waals surface area contributed by atoms with Gasteiger partial charge in [-0.1, -0.05) is 12.2 Å². The van der Waals surface area contributed by atoms with Crippen LogP contribution in [0.2, 0.25) is 0 Å². The second-order valence-corrected chi connectivity index (χ2v) is 7.38. The second-order valence-electron chi connectivity index (χ2n) is 7.38. The summed E-state index contributed by atoms with van der Waals surface area (Å²) in [6, 6.07) is 4.53. The number of likely N-dealkylation sites (tertiary alicyclic amines) is 1. The number of hydrogen-bond acceptors (Lipinski definition) is 4. The van der Waals surface area contributed by atoms with Crippen LogP contribution in [-0.4, -0.2) is 49.0 Å². The molecule has 3 rings (SSSR count). The molecule has 2 aliphatic rings. The molecule has 2 heterocycles. The van der Waals surface area contributed by atoms with Gasteiger partial charge in [0, 0.05) is 39.1 Å². The average Bonchev–Trinajstić information content (AvgIpc) is 2.88. The van der Waals surface area contributed by atoms with Gasteiger partial charge in [0.15, 0.2) is 0 Å². The maximum atomic E-state index is 12.7. The number of carbonyl (C=O) groups excluding carboxylic acids is 1. The molecular formula is C20H30N4O. The van der Waals surface area contributed by atoms with Gasteiger partial charge in [0.05, 0.1) is 11.9 Å². The highest BCUT2D eigenvalue weighted by atomic mass is 16.2. The maximum absolute atomic E-state index is 12.7. The average molecular weight is 342 g/mol. The molecule has 0 spiro atoms. The lowest BCUT2D eigenvalue weighted by molar-refractivity contribution is -0.135. The fraction of sp³-hybridized carbons (Fsp3) is 0.600. The summed E-state index contributed by atoms with van der Waals surface area (Å²) in [7, 11) is 3.99. The highest BCUT2D eigenvalue weighted by Gasteiger charge is 2.26. The van der Waals surface area contributed by atoms with E-state index < -0.39 is 0 Å². The summed E-state index contributed by atoms with van der Waals surface area (Å²) in [4.78, 5) is 21.3. The van der Waals surface area contributed by atoms with Crippen molar-refractivity contribution >= 4 is 17.4 Å². The van der Waals surface area contributed by atoms with Gasteiger partial charge in [0.2, 0.25) is 5.91 Å². The van der Waals surface area contributed by atoms with E-state index in [1.54, 1.807) is 0 Å². The minimum atomic E-state index is 0.206. The summed E-state index contributed by atoms with van der Waals surface area (Å²) < 4.78 is 0. The van der Waals surface area contributed by atoms with Crippen LogP contribution < -0.4 is 10.2 Å². The highest BCUT2D eigenvalue weighted by Crippen LogP contribution is 2.23. The van der Waals surface area contributed by atoms with Crippen LogP contribution in [0.15, 0.2) is 30.5 Å². The summed E-state index contributed by atoms with van der Waals surface area (Å²) in [5.41, 5.74) is 1.06. The number of nitrogens with one attached hydrogen (secondary N) is 1. The number of nitrogens with zero attached hydrogens (tertiary/aromatic N) is 3. The van der Waals surface area contributed by atoms with E-state index >= 15 is 0 Å². The van der Waals surface area contributed by atoms with E-state index in [2.05, 4.69) is 33.4 Å². The van der Waals surface area contributed by atoms with E-state index in [1.165, 1.54) is 0 Å². The molecule has 1 aliphatic carbocycles. The lowest BCUT2D eigenvalue weighted by atomic mass is 9.93. The van der Waals surface area contributed by atoms with Crippen LogP contribution in [0.5, 0.6) is 0 Å². The molecule has 0 unspecified atom stereocenters. The smallest absolute Gasteiger partial charge is 0.226 e. The molecule has 25 heavy (non-hydrogen) atoms. The molecule has 0 radical (unpaired) electrons. The summed E-state index contributed by atoms with van der Waals surface area (Å²) >= 11 is 0. The molecule has 136 valence electrons. The van der Waals surface area contributed by atoms with Crippen molar-refractivity contribution in [3.8, 4) is 0 Å². The minimum Gasteiger partial charge on any atom is -0.381 e. The monoisotopic (exact) mass is 342 g/mol. The van der Waals surface area contributed by atoms with Gasteiger partial charge in [-0.3, -0.25) is 4.79 Å². The van der Waals surface area contributed by atoms with Crippen LogP contribution in [0, 0.1) is 5.92 Å². The van der Waals surface area contributed by atoms with Crippen molar-refractivity contribution < 1.29 is 4.79 Å². The SMILES string of the molecule is CN(C)c1ccc(N[C@H]2CCCN(C(=O)[C@H]3CC=CCC3)CC2)cn1. The van der Waals surface area contributed by atoms with Gasteiger partial charge < -0.3 is 15.1 Å². The summed E-state index contributed by atoms with van der Waals surface area (Å²) in [5.74, 6) is 1.53. The van der Waals surface area contributed by atoms with Crippen molar-refractivity contribution in [2.45, 2.75) is 44.6 Å². The van der Waals surface area contributed by atoms with E-state index in [0.29, 0.717) is 11.9 Å². The van der Waals surface area contributed by atoms with Gasteiger partial charge >= 0.3 is 0 Å². The molecule has 1 aromatic heterocycles. The number of aromatic nitrogens is 1. The molecule has 1 saturated heterocycles. The molecule has 2 atom stereocenters. The van der Waals surface area contributed by atoms with Crippen molar-refractivity contribution in [3.63, 3.8) is 0 Å². The zero-order chi connectivity index (χ0) is 17.6. The highest BCUT2D eigenvalue weighted by molar-refractivity contribution is 5.79. The van der Waals surface area contributed by atoms with Crippen molar-refractivity contribution in [2.75, 3.05) is 37.4 Å². The Hall–Kier alpha value is -2.04. The molecule has 0 bridgehead atoms. The largest absolute Gasteiger partial charge is 0.381 e. The molecule has 1 N–H and O–H groups in total. The molecule has 5 heteroatoms. The van der Waals surface area contributed by atoms with Crippen molar-refractivity contribution in [1.82, 2.24) is 9.88 Å². The Balaban J connectivity index is 1.52. The van der Waals surface area contributed by atoms with E-state index in [1.807, 2.05) is 31.3 Å². The molecule has 1 aromatic rings. The maximum Gasteiger partial charge on any atom is 0.226 e. The van der Waals surface area contributed by atoms with Crippen LogP contribution in [0.4, 0.5) is 11.5 Å². The van der Waals surface area contributed by atoms with Gasteiger partial charge in [0.25, 0.3) is 0 Å². The third-order valence-corrected chi connectivity index (χ3v) is 5.23. The number of hydrogen-bond donors (Lipinski definition) is 1. The molecule has 5 nitrogen and oxygen atoms in total. The Morgan fingerprint density at radius 1 is 1.20 bits per heavy atom. The Morgan fingerprint density at radius 2 is 2.08 bits per heavy atom. The molecule has 1 fully saturated rings. The molecule has 1 aliphatic heterocycles. The third-order valence-electron chi connectivity index (χ3n) is 5.23. The number of anilines is 2. The Bertz CT molecular complexity index is 596. The minimum absolute atomic E-state index is 0.206. The predicted octanol–water partition coefficient (Wildman–Crippen LogP) is 3.30. The van der Waals surface area contributed by atoms with Gasteiger partial charge in [-0.25, -0.2) is 4.98 Å². The summed E-state index contributed by atoms with van der Waals surface area (Å²) in [5, 5.41) is 3.60. The van der Waals surface area contributed by atoms with E-state index in [0.717, 1.165) is 63.1 Å². The van der Waals surface area contributed by atoms with Gasteiger partial charge in [0.1, 0.15) is 5.82 Å². The number of rotatable bonds is 4. The zero-order valence-electron chi connectivity index (χ0n) is 15.4. The lowest BCUT2D eigenvalue weighted by Crippen LogP contribution is -2.37. The van der Waals surface area contributed by atoms with Crippen molar-refractivity contribution in [2.24, 2.45) is 5.92 Å². The van der Waals surface area contributed by atoms with E-state index in [-0.39, 0.29) is 5.92 Å². The fourth-order valence-electron chi connectivity index (χ4n) is 3.71. The topological polar surface area (TPSA) is 48.5 Å². The molecule has 0 aromatic carbocycles. The number of amides is 1. The predicted molar refractivity (Wildman–Crippen MR) is 103 cm³/mol. The van der Waals surface area contributed by atoms with Crippen LogP contribution in [0.3, 0.4) is 0 Å². The first kappa shape index (κ1) is 17.8. The van der Waals surface area contributed by atoms with Crippen LogP contribution in [0.25, 0.3) is 0 Å². The normalized spacial score (nSPS) is 23.8. The summed E-state index contributed by atoms with van der Waals surface area (Å²) in [6.45, 7) is 1.76. The number of carbonyl (C=O) groups is 1. The first-order valence-electron chi connectivity index (χ1n) is 9.47. The third kappa shape index (κ3) is 4.74. The zero-order valence-corrected chi connectivity index (χ0v) is 15.4. The van der Waals surface area contributed by atoms with Crippen molar-refractivity contribution in [3.05, 3.63) is 30.5 Å². The first-order chi connectivity index (χ1) is 12.1. The lowest BCUT2D eigenvalue weighted by Gasteiger charge is -2.27. The van der Waals surface area contributed by atoms with Crippen LogP contribution in [-0.2, 0) is 4.79 Å². The molecule has 1 amide bonds. The van der Waals surface area contributed by atoms with E-state index in [4.69, 9.17) is 0 Å². The molecular weight excluding hydrogens is 312 g/mol. The Morgan fingerprint density at radius 3 is 2.76 bits per heavy atom.